The Hall–Kier alpha value is -1.07. The lowest BCUT2D eigenvalue weighted by Crippen LogP contribution is -2.14. The average molecular weight is 292 g/mol. The van der Waals surface area contributed by atoms with E-state index >= 15 is 0 Å². The Kier molecular flexibility index (Phi) is 5.62. The van der Waals surface area contributed by atoms with Crippen LogP contribution in [0.4, 0.5) is 10.1 Å². The van der Waals surface area contributed by atoms with Crippen molar-refractivity contribution in [3.63, 3.8) is 0 Å². The molecule has 0 heterocycles. The Morgan fingerprint density at radius 1 is 1.50 bits per heavy atom. The van der Waals surface area contributed by atoms with Gasteiger partial charge in [0.15, 0.2) is 0 Å². The molecule has 0 aliphatic rings. The normalized spacial score (nSPS) is 10.3. The summed E-state index contributed by atoms with van der Waals surface area (Å²) in [4.78, 5) is 0. The quantitative estimate of drug-likeness (QED) is 0.850. The second-order valence-corrected chi connectivity index (χ2v) is 4.55. The molecule has 18 heavy (non-hydrogen) atoms. The van der Waals surface area contributed by atoms with Crippen molar-refractivity contribution in [3.05, 3.63) is 23.0 Å². The zero-order valence-electron chi connectivity index (χ0n) is 10.4. The van der Waals surface area contributed by atoms with E-state index in [0.29, 0.717) is 12.4 Å². The molecule has 0 unspecified atom stereocenters. The molecule has 0 aliphatic heterocycles. The first-order chi connectivity index (χ1) is 8.43. The lowest BCUT2D eigenvalue weighted by atomic mass is 10.3. The van der Waals surface area contributed by atoms with Gasteiger partial charge in [0.25, 0.3) is 5.17 Å². The lowest BCUT2D eigenvalue weighted by molar-refractivity contribution is 0.242. The molecule has 0 fully saturated rings. The zero-order chi connectivity index (χ0) is 13.7. The van der Waals surface area contributed by atoms with Gasteiger partial charge in [-0.2, -0.15) is 0 Å². The van der Waals surface area contributed by atoms with Crippen LogP contribution in [0.25, 0.3) is 0 Å². The number of rotatable bonds is 4. The van der Waals surface area contributed by atoms with E-state index in [1.807, 2.05) is 13.8 Å². The van der Waals surface area contributed by atoms with E-state index in [1.165, 1.54) is 12.1 Å². The Morgan fingerprint density at radius 3 is 2.72 bits per heavy atom. The molecule has 6 heteroatoms. The molecular formula is C12H15ClFNO2S. The second kappa shape index (κ2) is 6.75. The predicted molar refractivity (Wildman–Crippen MR) is 75.0 cm³/mol. The van der Waals surface area contributed by atoms with Gasteiger partial charge in [-0.15, -0.1) is 0 Å². The maximum atomic E-state index is 13.7. The van der Waals surface area contributed by atoms with Gasteiger partial charge in [0.2, 0.25) is 0 Å². The maximum absolute atomic E-state index is 13.7. The molecule has 100 valence electrons. The molecule has 0 amide bonds. The van der Waals surface area contributed by atoms with Crippen LogP contribution in [0.5, 0.6) is 5.75 Å². The molecule has 0 aromatic heterocycles. The first-order valence-electron chi connectivity index (χ1n) is 5.53. The zero-order valence-corrected chi connectivity index (χ0v) is 12.0. The van der Waals surface area contributed by atoms with E-state index in [9.17, 15) is 4.39 Å². The summed E-state index contributed by atoms with van der Waals surface area (Å²) in [5.41, 5.74) is 0.175. The van der Waals surface area contributed by atoms with Gasteiger partial charge in [-0.05, 0) is 39.1 Å². The number of hydrogen-bond donors (Lipinski definition) is 1. The van der Waals surface area contributed by atoms with Crippen molar-refractivity contribution in [2.75, 3.05) is 11.9 Å². The largest absolute Gasteiger partial charge is 0.489 e. The van der Waals surface area contributed by atoms with Crippen LogP contribution < -0.4 is 10.1 Å². The van der Waals surface area contributed by atoms with Crippen LogP contribution >= 0.6 is 23.8 Å². The molecule has 1 aromatic carbocycles. The van der Waals surface area contributed by atoms with E-state index in [0.717, 1.165) is 0 Å². The molecule has 3 nitrogen and oxygen atoms in total. The third kappa shape index (κ3) is 4.31. The molecule has 0 radical (unpaired) electrons. The first-order valence-corrected chi connectivity index (χ1v) is 6.32. The molecular weight excluding hydrogens is 277 g/mol. The van der Waals surface area contributed by atoms with Gasteiger partial charge in [-0.25, -0.2) is 4.39 Å². The van der Waals surface area contributed by atoms with Crippen molar-refractivity contribution < 1.29 is 13.9 Å². The summed E-state index contributed by atoms with van der Waals surface area (Å²) in [6.07, 6.45) is -0.0559. The van der Waals surface area contributed by atoms with Crippen LogP contribution in [-0.2, 0) is 4.74 Å². The van der Waals surface area contributed by atoms with Gasteiger partial charge >= 0.3 is 0 Å². The summed E-state index contributed by atoms with van der Waals surface area (Å²) < 4.78 is 24.1. The van der Waals surface area contributed by atoms with Crippen LogP contribution in [-0.4, -0.2) is 17.9 Å². The lowest BCUT2D eigenvalue weighted by Gasteiger charge is -2.14. The van der Waals surface area contributed by atoms with Crippen molar-refractivity contribution in [1.82, 2.24) is 0 Å². The highest BCUT2D eigenvalue weighted by atomic mass is 35.5. The van der Waals surface area contributed by atoms with Gasteiger partial charge in [0.05, 0.1) is 23.4 Å². The summed E-state index contributed by atoms with van der Waals surface area (Å²) in [5, 5.41) is 2.97. The van der Waals surface area contributed by atoms with Crippen molar-refractivity contribution in [2.45, 2.75) is 26.9 Å². The SMILES string of the molecule is CCOC(=S)Nc1cc(OC(C)C)c(Cl)cc1F. The molecule has 1 rings (SSSR count). The summed E-state index contributed by atoms with van der Waals surface area (Å²) in [6.45, 7) is 5.92. The van der Waals surface area contributed by atoms with Crippen LogP contribution in [0.1, 0.15) is 20.8 Å². The van der Waals surface area contributed by atoms with Crippen LogP contribution in [0, 0.1) is 5.82 Å². The number of anilines is 1. The first kappa shape index (κ1) is 15.0. The van der Waals surface area contributed by atoms with E-state index in [1.54, 1.807) is 6.92 Å². The molecule has 0 aliphatic carbocycles. The topological polar surface area (TPSA) is 30.5 Å². The molecule has 0 spiro atoms. The standard InChI is InChI=1S/C12H15ClFNO2S/c1-4-16-12(18)15-10-6-11(17-7(2)3)8(13)5-9(10)14/h5-7H,4H2,1-3H3,(H,15,18). The van der Waals surface area contributed by atoms with Crippen molar-refractivity contribution in [3.8, 4) is 5.75 Å². The highest BCUT2D eigenvalue weighted by Gasteiger charge is 2.12. The van der Waals surface area contributed by atoms with Gasteiger partial charge < -0.3 is 14.8 Å². The van der Waals surface area contributed by atoms with Gasteiger partial charge in [0, 0.05) is 6.07 Å². The summed E-state index contributed by atoms with van der Waals surface area (Å²) >= 11 is 10.8. The van der Waals surface area contributed by atoms with Crippen LogP contribution in [0.2, 0.25) is 5.02 Å². The Balaban J connectivity index is 2.94. The van der Waals surface area contributed by atoms with E-state index < -0.39 is 5.82 Å². The second-order valence-electron chi connectivity index (χ2n) is 3.77. The fourth-order valence-corrected chi connectivity index (χ4v) is 1.67. The highest BCUT2D eigenvalue weighted by Crippen LogP contribution is 2.31. The van der Waals surface area contributed by atoms with E-state index in [-0.39, 0.29) is 22.0 Å². The molecule has 0 saturated carbocycles. The van der Waals surface area contributed by atoms with Crippen molar-refractivity contribution in [2.24, 2.45) is 0 Å². The maximum Gasteiger partial charge on any atom is 0.261 e. The average Bonchev–Trinajstić information content (AvgIpc) is 2.24. The molecule has 1 aromatic rings. The summed E-state index contributed by atoms with van der Waals surface area (Å²) in [7, 11) is 0. The number of thiocarbonyl (C=S) groups is 1. The van der Waals surface area contributed by atoms with Crippen molar-refractivity contribution >= 4 is 34.7 Å². The number of benzene rings is 1. The van der Waals surface area contributed by atoms with Crippen LogP contribution in [0.3, 0.4) is 0 Å². The Morgan fingerprint density at radius 2 is 2.17 bits per heavy atom. The Bertz CT molecular complexity index is 440. The van der Waals surface area contributed by atoms with Crippen molar-refractivity contribution in [1.29, 1.82) is 0 Å². The predicted octanol–water partition coefficient (Wildman–Crippen LogP) is 4.00. The molecule has 0 saturated heterocycles. The van der Waals surface area contributed by atoms with Gasteiger partial charge in [-0.1, -0.05) is 11.6 Å². The monoisotopic (exact) mass is 291 g/mol. The number of nitrogens with one attached hydrogen (secondary N) is 1. The smallest absolute Gasteiger partial charge is 0.261 e. The van der Waals surface area contributed by atoms with Crippen LogP contribution in [0.15, 0.2) is 12.1 Å². The summed E-state index contributed by atoms with van der Waals surface area (Å²) in [5.74, 6) is -0.118. The minimum absolute atomic E-state index is 0.0559. The minimum atomic E-state index is -0.516. The van der Waals surface area contributed by atoms with Gasteiger partial charge in [0.1, 0.15) is 11.6 Å². The summed E-state index contributed by atoms with van der Waals surface area (Å²) in [6, 6.07) is 2.64. The number of ether oxygens (including phenoxy) is 2. The van der Waals surface area contributed by atoms with E-state index in [2.05, 4.69) is 5.32 Å². The highest BCUT2D eigenvalue weighted by molar-refractivity contribution is 7.80. The fraction of sp³-hybridized carbons (Fsp3) is 0.417. The third-order valence-electron chi connectivity index (χ3n) is 1.90. The molecule has 0 atom stereocenters. The molecule has 0 bridgehead atoms. The minimum Gasteiger partial charge on any atom is -0.489 e. The third-order valence-corrected chi connectivity index (χ3v) is 2.41. The number of halogens is 2. The Labute approximate surface area is 116 Å². The van der Waals surface area contributed by atoms with Gasteiger partial charge in [-0.3, -0.25) is 0 Å². The molecule has 1 N–H and O–H groups in total. The fourth-order valence-electron chi connectivity index (χ4n) is 1.25. The number of hydrogen-bond acceptors (Lipinski definition) is 3. The van der Waals surface area contributed by atoms with E-state index in [4.69, 9.17) is 33.3 Å².